The average Bonchev–Trinajstić information content (AvgIpc) is 2.18. The number of hydrogen-bond acceptors (Lipinski definition) is 4. The number of aliphatic hydroxyl groups is 1. The Balaban J connectivity index is 2.52. The fourth-order valence-electron chi connectivity index (χ4n) is 0.941. The van der Waals surface area contributed by atoms with E-state index in [1.807, 2.05) is 0 Å². The van der Waals surface area contributed by atoms with E-state index in [2.05, 4.69) is 0 Å². The summed E-state index contributed by atoms with van der Waals surface area (Å²) in [6.45, 7) is -0.0458. The smallest absolute Gasteiger partial charge is 0.311 e. The van der Waals surface area contributed by atoms with E-state index >= 15 is 0 Å². The lowest BCUT2D eigenvalue weighted by Gasteiger charge is -2.04. The lowest BCUT2D eigenvalue weighted by molar-refractivity contribution is -0.134. The van der Waals surface area contributed by atoms with Crippen LogP contribution >= 0.6 is 0 Å². The van der Waals surface area contributed by atoms with Crippen molar-refractivity contribution in [3.63, 3.8) is 0 Å². The first-order valence-corrected chi connectivity index (χ1v) is 4.33. The van der Waals surface area contributed by atoms with Crippen LogP contribution in [-0.2, 0) is 4.79 Å². The molecule has 14 heavy (non-hydrogen) atoms. The van der Waals surface area contributed by atoms with Crippen LogP contribution in [0.1, 0.15) is 12.8 Å². The second-order valence-corrected chi connectivity index (χ2v) is 2.77. The minimum absolute atomic E-state index is 0.0458. The number of aliphatic hydroxyl groups excluding tert-OH is 1. The molecule has 4 nitrogen and oxygen atoms in total. The van der Waals surface area contributed by atoms with E-state index in [1.54, 1.807) is 12.1 Å². The predicted molar refractivity (Wildman–Crippen MR) is 50.1 cm³/mol. The van der Waals surface area contributed by atoms with Crippen molar-refractivity contribution in [3.05, 3.63) is 24.3 Å². The molecule has 0 radical (unpaired) electrons. The molecule has 1 rings (SSSR count). The summed E-state index contributed by atoms with van der Waals surface area (Å²) in [6, 6.07) is 6.25. The van der Waals surface area contributed by atoms with Crippen molar-refractivity contribution in [1.29, 1.82) is 0 Å². The van der Waals surface area contributed by atoms with E-state index in [9.17, 15) is 9.90 Å². The first-order chi connectivity index (χ1) is 6.74. The Morgan fingerprint density at radius 1 is 1.36 bits per heavy atom. The molecular formula is C10H12O4. The minimum atomic E-state index is -0.458. The van der Waals surface area contributed by atoms with Gasteiger partial charge in [-0.05, 0) is 18.6 Å². The van der Waals surface area contributed by atoms with Gasteiger partial charge < -0.3 is 14.9 Å². The molecule has 0 heterocycles. The molecule has 0 saturated heterocycles. The molecule has 1 aromatic carbocycles. The molecule has 1 aromatic rings. The number of carbonyl (C=O) groups is 1. The Labute approximate surface area is 81.8 Å². The third-order valence-corrected chi connectivity index (χ3v) is 1.63. The zero-order valence-electron chi connectivity index (χ0n) is 7.64. The summed E-state index contributed by atoms with van der Waals surface area (Å²) >= 11 is 0. The number of esters is 1. The number of benzene rings is 1. The van der Waals surface area contributed by atoms with E-state index in [0.717, 1.165) is 0 Å². The highest BCUT2D eigenvalue weighted by Gasteiger charge is 2.07. The number of phenolic OH excluding ortho intramolecular Hbond substituents is 1. The van der Waals surface area contributed by atoms with Gasteiger partial charge in [-0.2, -0.15) is 0 Å². The van der Waals surface area contributed by atoms with Gasteiger partial charge in [0.25, 0.3) is 0 Å². The van der Waals surface area contributed by atoms with Gasteiger partial charge in [0.05, 0.1) is 0 Å². The molecule has 2 N–H and O–H groups in total. The van der Waals surface area contributed by atoms with Gasteiger partial charge >= 0.3 is 5.97 Å². The molecule has 0 amide bonds. The van der Waals surface area contributed by atoms with Crippen LogP contribution in [-0.4, -0.2) is 22.8 Å². The molecule has 0 aliphatic heterocycles. The van der Waals surface area contributed by atoms with Gasteiger partial charge in [-0.25, -0.2) is 0 Å². The fraction of sp³-hybridized carbons (Fsp3) is 0.300. The van der Waals surface area contributed by atoms with Crippen molar-refractivity contribution in [2.24, 2.45) is 0 Å². The highest BCUT2D eigenvalue weighted by Crippen LogP contribution is 2.24. The van der Waals surface area contributed by atoms with E-state index in [4.69, 9.17) is 9.84 Å². The third kappa shape index (κ3) is 3.06. The topological polar surface area (TPSA) is 66.8 Å². The molecule has 76 valence electrons. The lowest BCUT2D eigenvalue weighted by atomic mass is 10.3. The highest BCUT2D eigenvalue weighted by molar-refractivity contribution is 5.73. The van der Waals surface area contributed by atoms with Gasteiger partial charge in [-0.3, -0.25) is 4.79 Å². The second-order valence-electron chi connectivity index (χ2n) is 2.77. The molecule has 0 aromatic heterocycles. The maximum atomic E-state index is 11.1. The van der Waals surface area contributed by atoms with Gasteiger partial charge in [0.15, 0.2) is 11.5 Å². The molecular weight excluding hydrogens is 184 g/mol. The monoisotopic (exact) mass is 196 g/mol. The molecule has 0 fully saturated rings. The van der Waals surface area contributed by atoms with E-state index in [1.165, 1.54) is 12.1 Å². The number of aromatic hydroxyl groups is 1. The number of carbonyl (C=O) groups excluding carboxylic acids is 1. The zero-order valence-corrected chi connectivity index (χ0v) is 7.64. The first kappa shape index (κ1) is 10.5. The summed E-state index contributed by atoms with van der Waals surface area (Å²) in [5.41, 5.74) is 0. The SMILES string of the molecule is O=C(CCCO)Oc1ccccc1O. The lowest BCUT2D eigenvalue weighted by Crippen LogP contribution is -2.08. The van der Waals surface area contributed by atoms with Crippen LogP contribution in [0.25, 0.3) is 0 Å². The summed E-state index contributed by atoms with van der Waals surface area (Å²) in [6.07, 6.45) is 0.511. The van der Waals surface area contributed by atoms with Gasteiger partial charge in [-0.15, -0.1) is 0 Å². The van der Waals surface area contributed by atoms with Crippen LogP contribution in [0, 0.1) is 0 Å². The van der Waals surface area contributed by atoms with Crippen molar-refractivity contribution in [1.82, 2.24) is 0 Å². The number of hydrogen-bond donors (Lipinski definition) is 2. The largest absolute Gasteiger partial charge is 0.504 e. The molecule has 4 heteroatoms. The normalized spacial score (nSPS) is 9.79. The highest BCUT2D eigenvalue weighted by atomic mass is 16.5. The van der Waals surface area contributed by atoms with Crippen LogP contribution in [0.3, 0.4) is 0 Å². The van der Waals surface area contributed by atoms with Crippen molar-refractivity contribution >= 4 is 5.97 Å². The van der Waals surface area contributed by atoms with Gasteiger partial charge in [-0.1, -0.05) is 12.1 Å². The van der Waals surface area contributed by atoms with Crippen LogP contribution in [0.2, 0.25) is 0 Å². The maximum Gasteiger partial charge on any atom is 0.311 e. The van der Waals surface area contributed by atoms with Crippen molar-refractivity contribution < 1.29 is 19.7 Å². The minimum Gasteiger partial charge on any atom is -0.504 e. The summed E-state index contributed by atoms with van der Waals surface area (Å²) in [4.78, 5) is 11.1. The second kappa shape index (κ2) is 5.24. The standard InChI is InChI=1S/C10H12O4/c11-7-3-6-10(13)14-9-5-2-1-4-8(9)12/h1-2,4-5,11-12H,3,6-7H2. The average molecular weight is 196 g/mol. The fourth-order valence-corrected chi connectivity index (χ4v) is 0.941. The predicted octanol–water partition coefficient (Wildman–Crippen LogP) is 1.07. The van der Waals surface area contributed by atoms with E-state index in [-0.39, 0.29) is 24.5 Å². The molecule has 0 unspecified atom stereocenters. The molecule has 0 saturated carbocycles. The van der Waals surface area contributed by atoms with E-state index in [0.29, 0.717) is 6.42 Å². The zero-order chi connectivity index (χ0) is 10.4. The molecule has 0 spiro atoms. The molecule has 0 atom stereocenters. The molecule has 0 aliphatic rings. The quantitative estimate of drug-likeness (QED) is 0.558. The molecule has 0 aliphatic carbocycles. The Kier molecular flexibility index (Phi) is 3.94. The number of phenols is 1. The Morgan fingerprint density at radius 2 is 2.07 bits per heavy atom. The summed E-state index contributed by atoms with van der Waals surface area (Å²) < 4.78 is 4.85. The van der Waals surface area contributed by atoms with Crippen molar-refractivity contribution in [3.8, 4) is 11.5 Å². The van der Waals surface area contributed by atoms with E-state index < -0.39 is 5.97 Å². The van der Waals surface area contributed by atoms with Crippen molar-refractivity contribution in [2.75, 3.05) is 6.61 Å². The Bertz CT molecular complexity index is 309. The number of ether oxygens (including phenoxy) is 1. The van der Waals surface area contributed by atoms with Crippen LogP contribution in [0.5, 0.6) is 11.5 Å². The maximum absolute atomic E-state index is 11.1. The van der Waals surface area contributed by atoms with Crippen LogP contribution in [0.4, 0.5) is 0 Å². The summed E-state index contributed by atoms with van der Waals surface area (Å²) in [5, 5.41) is 17.7. The van der Waals surface area contributed by atoms with Crippen molar-refractivity contribution in [2.45, 2.75) is 12.8 Å². The van der Waals surface area contributed by atoms with Crippen LogP contribution in [0.15, 0.2) is 24.3 Å². The molecule has 0 bridgehead atoms. The summed E-state index contributed by atoms with van der Waals surface area (Å²) in [5.74, 6) is -0.374. The van der Waals surface area contributed by atoms with Gasteiger partial charge in [0.1, 0.15) is 0 Å². The summed E-state index contributed by atoms with van der Waals surface area (Å²) in [7, 11) is 0. The first-order valence-electron chi connectivity index (χ1n) is 4.33. The van der Waals surface area contributed by atoms with Gasteiger partial charge in [0.2, 0.25) is 0 Å². The third-order valence-electron chi connectivity index (χ3n) is 1.63. The van der Waals surface area contributed by atoms with Crippen LogP contribution < -0.4 is 4.74 Å². The van der Waals surface area contributed by atoms with Gasteiger partial charge in [0, 0.05) is 13.0 Å². The Hall–Kier alpha value is -1.55. The number of para-hydroxylation sites is 2. The number of rotatable bonds is 4. The Morgan fingerprint density at radius 3 is 2.71 bits per heavy atom.